The second-order valence-corrected chi connectivity index (χ2v) is 5.39. The van der Waals surface area contributed by atoms with Crippen molar-refractivity contribution in [3.8, 4) is 0 Å². The lowest BCUT2D eigenvalue weighted by molar-refractivity contribution is -0.121. The molecule has 0 saturated heterocycles. The van der Waals surface area contributed by atoms with E-state index in [2.05, 4.69) is 10.3 Å². The standard InChI is InChI=1S/C12H12ClFIN3O/c1-2-16-12(19)6-18-10-3-7(14)8(15)4-9(10)17-11(18)5-13/h3-4H,2,5-6H2,1H3,(H,16,19). The summed E-state index contributed by atoms with van der Waals surface area (Å²) in [7, 11) is 0. The van der Waals surface area contributed by atoms with Gasteiger partial charge in [-0.3, -0.25) is 4.79 Å². The van der Waals surface area contributed by atoms with Crippen LogP contribution in [0.1, 0.15) is 12.7 Å². The summed E-state index contributed by atoms with van der Waals surface area (Å²) in [5.74, 6) is 0.259. The third-order valence-corrected chi connectivity index (χ3v) is 3.73. The second kappa shape index (κ2) is 6.04. The Bertz CT molecular complexity index is 629. The van der Waals surface area contributed by atoms with Crippen molar-refractivity contribution < 1.29 is 9.18 Å². The van der Waals surface area contributed by atoms with Gasteiger partial charge < -0.3 is 9.88 Å². The minimum Gasteiger partial charge on any atom is -0.355 e. The minimum atomic E-state index is -0.328. The molecule has 19 heavy (non-hydrogen) atoms. The van der Waals surface area contributed by atoms with E-state index < -0.39 is 0 Å². The number of carbonyl (C=O) groups excluding carboxylic acids is 1. The first-order chi connectivity index (χ1) is 9.06. The number of amides is 1. The zero-order valence-corrected chi connectivity index (χ0v) is 13.1. The molecule has 0 bridgehead atoms. The number of fused-ring (bicyclic) bond motifs is 1. The van der Waals surface area contributed by atoms with Crippen LogP contribution in [-0.4, -0.2) is 22.0 Å². The van der Waals surface area contributed by atoms with E-state index in [0.29, 0.717) is 27.0 Å². The van der Waals surface area contributed by atoms with E-state index in [1.807, 2.05) is 29.5 Å². The van der Waals surface area contributed by atoms with Crippen LogP contribution in [-0.2, 0) is 17.2 Å². The molecule has 2 aromatic rings. The van der Waals surface area contributed by atoms with E-state index >= 15 is 0 Å². The molecular weight excluding hydrogens is 384 g/mol. The Kier molecular flexibility index (Phi) is 4.62. The maximum absolute atomic E-state index is 13.6. The van der Waals surface area contributed by atoms with Gasteiger partial charge in [-0.15, -0.1) is 11.6 Å². The van der Waals surface area contributed by atoms with E-state index in [9.17, 15) is 9.18 Å². The molecule has 1 heterocycles. The Hall–Kier alpha value is -0.890. The van der Waals surface area contributed by atoms with Crippen molar-refractivity contribution in [2.24, 2.45) is 0 Å². The zero-order valence-electron chi connectivity index (χ0n) is 10.2. The van der Waals surface area contributed by atoms with Crippen LogP contribution in [0.25, 0.3) is 11.0 Å². The van der Waals surface area contributed by atoms with Gasteiger partial charge in [0, 0.05) is 12.6 Å². The predicted octanol–water partition coefficient (Wildman–Crippen LogP) is 2.65. The average Bonchev–Trinajstić information content (AvgIpc) is 2.68. The smallest absolute Gasteiger partial charge is 0.239 e. The Labute approximate surface area is 128 Å². The third kappa shape index (κ3) is 3.00. The van der Waals surface area contributed by atoms with Crippen molar-refractivity contribution in [3.05, 3.63) is 27.3 Å². The molecule has 1 amide bonds. The van der Waals surface area contributed by atoms with Crippen LogP contribution in [0.2, 0.25) is 0 Å². The van der Waals surface area contributed by atoms with Gasteiger partial charge in [0.1, 0.15) is 18.2 Å². The fourth-order valence-electron chi connectivity index (χ4n) is 1.85. The van der Waals surface area contributed by atoms with Gasteiger partial charge in [0.25, 0.3) is 0 Å². The van der Waals surface area contributed by atoms with Crippen LogP contribution in [0.5, 0.6) is 0 Å². The van der Waals surface area contributed by atoms with Crippen molar-refractivity contribution in [3.63, 3.8) is 0 Å². The summed E-state index contributed by atoms with van der Waals surface area (Å²) >= 11 is 7.74. The van der Waals surface area contributed by atoms with Crippen LogP contribution in [0.15, 0.2) is 12.1 Å². The molecule has 0 saturated carbocycles. The summed E-state index contributed by atoms with van der Waals surface area (Å²) in [5, 5.41) is 2.70. The van der Waals surface area contributed by atoms with E-state index in [1.165, 1.54) is 6.07 Å². The van der Waals surface area contributed by atoms with Crippen LogP contribution in [0, 0.1) is 9.39 Å². The average molecular weight is 396 g/mol. The fourth-order valence-corrected chi connectivity index (χ4v) is 2.50. The van der Waals surface area contributed by atoms with Gasteiger partial charge in [0.05, 0.1) is 20.5 Å². The number of hydrogen-bond acceptors (Lipinski definition) is 2. The number of halogens is 3. The molecule has 0 aliphatic carbocycles. The predicted molar refractivity (Wildman–Crippen MR) is 80.6 cm³/mol. The first kappa shape index (κ1) is 14.5. The molecule has 2 rings (SSSR count). The number of benzene rings is 1. The van der Waals surface area contributed by atoms with E-state index in [-0.39, 0.29) is 24.1 Å². The topological polar surface area (TPSA) is 46.9 Å². The second-order valence-electron chi connectivity index (χ2n) is 3.96. The van der Waals surface area contributed by atoms with Crippen molar-refractivity contribution >= 4 is 51.1 Å². The van der Waals surface area contributed by atoms with Crippen LogP contribution in [0.3, 0.4) is 0 Å². The number of carbonyl (C=O) groups is 1. The molecule has 0 fully saturated rings. The molecule has 7 heteroatoms. The van der Waals surface area contributed by atoms with Gasteiger partial charge in [-0.25, -0.2) is 9.37 Å². The molecule has 1 aromatic heterocycles. The van der Waals surface area contributed by atoms with Gasteiger partial charge in [-0.05, 0) is 35.6 Å². The lowest BCUT2D eigenvalue weighted by Gasteiger charge is -2.07. The number of aromatic nitrogens is 2. The summed E-state index contributed by atoms with van der Waals surface area (Å²) in [5.41, 5.74) is 1.23. The number of imidazole rings is 1. The fraction of sp³-hybridized carbons (Fsp3) is 0.333. The number of rotatable bonds is 4. The maximum atomic E-state index is 13.6. The highest BCUT2D eigenvalue weighted by molar-refractivity contribution is 14.1. The molecule has 1 N–H and O–H groups in total. The lowest BCUT2D eigenvalue weighted by Crippen LogP contribution is -2.27. The summed E-state index contributed by atoms with van der Waals surface area (Å²) in [6, 6.07) is 3.04. The summed E-state index contributed by atoms with van der Waals surface area (Å²) < 4.78 is 15.8. The minimum absolute atomic E-state index is 0.0897. The molecule has 0 radical (unpaired) electrons. The zero-order chi connectivity index (χ0) is 14.0. The molecule has 0 unspecified atom stereocenters. The van der Waals surface area contributed by atoms with Crippen LogP contribution < -0.4 is 5.32 Å². The highest BCUT2D eigenvalue weighted by Gasteiger charge is 2.15. The largest absolute Gasteiger partial charge is 0.355 e. The molecule has 102 valence electrons. The Morgan fingerprint density at radius 3 is 2.95 bits per heavy atom. The van der Waals surface area contributed by atoms with Crippen molar-refractivity contribution in [1.29, 1.82) is 0 Å². The van der Waals surface area contributed by atoms with Crippen LogP contribution in [0.4, 0.5) is 4.39 Å². The first-order valence-corrected chi connectivity index (χ1v) is 7.35. The number of hydrogen-bond donors (Lipinski definition) is 1. The number of likely N-dealkylation sites (N-methyl/N-ethyl adjacent to an activating group) is 1. The number of alkyl halides is 1. The van der Waals surface area contributed by atoms with Crippen LogP contribution >= 0.6 is 34.2 Å². The van der Waals surface area contributed by atoms with Gasteiger partial charge in [-0.2, -0.15) is 0 Å². The highest BCUT2D eigenvalue weighted by Crippen LogP contribution is 2.22. The van der Waals surface area contributed by atoms with E-state index in [0.717, 1.165) is 0 Å². The van der Waals surface area contributed by atoms with E-state index in [1.54, 1.807) is 10.6 Å². The summed E-state index contributed by atoms with van der Waals surface area (Å²) in [6.45, 7) is 2.48. The SMILES string of the molecule is CCNC(=O)Cn1c(CCl)nc2cc(I)c(F)cc21. The molecule has 0 aliphatic rings. The van der Waals surface area contributed by atoms with Crippen molar-refractivity contribution in [1.82, 2.24) is 14.9 Å². The lowest BCUT2D eigenvalue weighted by atomic mass is 10.3. The third-order valence-electron chi connectivity index (χ3n) is 2.66. The monoisotopic (exact) mass is 395 g/mol. The van der Waals surface area contributed by atoms with Gasteiger partial charge in [-0.1, -0.05) is 0 Å². The molecule has 0 aliphatic heterocycles. The maximum Gasteiger partial charge on any atom is 0.239 e. The molecule has 1 aromatic carbocycles. The molecule has 4 nitrogen and oxygen atoms in total. The Balaban J connectivity index is 2.50. The summed E-state index contributed by atoms with van der Waals surface area (Å²) in [4.78, 5) is 16.0. The first-order valence-electron chi connectivity index (χ1n) is 5.73. The van der Waals surface area contributed by atoms with Gasteiger partial charge in [0.2, 0.25) is 5.91 Å². The number of nitrogens with one attached hydrogen (secondary N) is 1. The van der Waals surface area contributed by atoms with Crippen molar-refractivity contribution in [2.75, 3.05) is 6.54 Å². The molecule has 0 spiro atoms. The Morgan fingerprint density at radius 2 is 2.32 bits per heavy atom. The normalized spacial score (nSPS) is 10.9. The molecular formula is C12H12ClFIN3O. The quantitative estimate of drug-likeness (QED) is 0.639. The number of nitrogens with zero attached hydrogens (tertiary/aromatic N) is 2. The van der Waals surface area contributed by atoms with Crippen molar-refractivity contribution in [2.45, 2.75) is 19.3 Å². The van der Waals surface area contributed by atoms with Gasteiger partial charge >= 0.3 is 0 Å². The summed E-state index contributed by atoms with van der Waals surface area (Å²) in [6.07, 6.45) is 0. The Morgan fingerprint density at radius 1 is 1.58 bits per heavy atom. The van der Waals surface area contributed by atoms with Gasteiger partial charge in [0.15, 0.2) is 0 Å². The van der Waals surface area contributed by atoms with E-state index in [4.69, 9.17) is 11.6 Å². The highest BCUT2D eigenvalue weighted by atomic mass is 127. The molecule has 0 atom stereocenters.